The average molecular weight is 433 g/mol. The molecular formula is C31H30NO+. The first-order chi connectivity index (χ1) is 15.8. The van der Waals surface area contributed by atoms with Crippen LogP contribution in [-0.4, -0.2) is 0 Å². The summed E-state index contributed by atoms with van der Waals surface area (Å²) in [7, 11) is 2.16. The Labute approximate surface area is 195 Å². The van der Waals surface area contributed by atoms with Crippen molar-refractivity contribution in [3.8, 4) is 22.8 Å². The SMILES string of the molecule is Cc1c2c(c(CC(C)(C)C)c3ccccc13)Oc1c3ccccc3c(C)c3cc[n+](C)c-2c13. The first-order valence-corrected chi connectivity index (χ1v) is 11.8. The van der Waals surface area contributed by atoms with E-state index in [1.54, 1.807) is 0 Å². The molecule has 0 N–H and O–H groups in total. The Morgan fingerprint density at radius 2 is 1.33 bits per heavy atom. The van der Waals surface area contributed by atoms with Gasteiger partial charge in [0, 0.05) is 22.4 Å². The summed E-state index contributed by atoms with van der Waals surface area (Å²) in [4.78, 5) is 0. The third-order valence-electron chi connectivity index (χ3n) is 7.21. The number of fused-ring (bicyclic) bond motifs is 5. The quantitative estimate of drug-likeness (QED) is 0.190. The maximum absolute atomic E-state index is 7.03. The molecule has 33 heavy (non-hydrogen) atoms. The van der Waals surface area contributed by atoms with Crippen LogP contribution in [0.2, 0.25) is 0 Å². The van der Waals surface area contributed by atoms with Crippen LogP contribution in [0.15, 0.2) is 60.8 Å². The highest BCUT2D eigenvalue weighted by Gasteiger charge is 2.35. The lowest BCUT2D eigenvalue weighted by molar-refractivity contribution is -0.659. The van der Waals surface area contributed by atoms with Crippen LogP contribution < -0.4 is 9.30 Å². The summed E-state index contributed by atoms with van der Waals surface area (Å²) >= 11 is 0. The molecule has 0 radical (unpaired) electrons. The van der Waals surface area contributed by atoms with E-state index in [-0.39, 0.29) is 5.41 Å². The molecule has 2 nitrogen and oxygen atoms in total. The molecule has 2 heteroatoms. The number of rotatable bonds is 1. The molecule has 2 heterocycles. The van der Waals surface area contributed by atoms with Gasteiger partial charge in [-0.2, -0.15) is 0 Å². The minimum atomic E-state index is 0.138. The zero-order valence-corrected chi connectivity index (χ0v) is 20.3. The second kappa shape index (κ2) is 6.81. The van der Waals surface area contributed by atoms with Crippen LogP contribution in [0.3, 0.4) is 0 Å². The monoisotopic (exact) mass is 432 g/mol. The number of nitrogens with zero attached hydrogens (tertiary/aromatic N) is 1. The van der Waals surface area contributed by atoms with E-state index in [2.05, 4.69) is 107 Å². The molecule has 1 aliphatic rings. The number of hydrogen-bond donors (Lipinski definition) is 0. The average Bonchev–Trinajstić information content (AvgIpc) is 2.80. The highest BCUT2D eigenvalue weighted by molar-refractivity contribution is 6.15. The minimum Gasteiger partial charge on any atom is -0.455 e. The number of ether oxygens (including phenoxy) is 1. The van der Waals surface area contributed by atoms with Crippen molar-refractivity contribution in [1.29, 1.82) is 0 Å². The van der Waals surface area contributed by atoms with Gasteiger partial charge < -0.3 is 4.74 Å². The lowest BCUT2D eigenvalue weighted by atomic mass is 9.81. The second-order valence-electron chi connectivity index (χ2n) is 10.8. The van der Waals surface area contributed by atoms with Gasteiger partial charge in [0.1, 0.15) is 18.5 Å². The zero-order valence-electron chi connectivity index (χ0n) is 20.3. The molecule has 1 aromatic heterocycles. The van der Waals surface area contributed by atoms with Gasteiger partial charge in [0.2, 0.25) is 5.69 Å². The predicted octanol–water partition coefficient (Wildman–Crippen LogP) is 7.95. The zero-order chi connectivity index (χ0) is 23.1. The molecule has 0 bridgehead atoms. The van der Waals surface area contributed by atoms with Crippen molar-refractivity contribution in [3.05, 3.63) is 77.5 Å². The lowest BCUT2D eigenvalue weighted by Gasteiger charge is -2.29. The van der Waals surface area contributed by atoms with Gasteiger partial charge in [-0.25, -0.2) is 4.57 Å². The van der Waals surface area contributed by atoms with Crippen molar-refractivity contribution in [2.24, 2.45) is 12.5 Å². The van der Waals surface area contributed by atoms with Crippen molar-refractivity contribution < 1.29 is 9.30 Å². The molecule has 5 aromatic rings. The summed E-state index contributed by atoms with van der Waals surface area (Å²) in [6.45, 7) is 11.4. The van der Waals surface area contributed by atoms with Gasteiger partial charge in [-0.05, 0) is 53.0 Å². The Hall–Kier alpha value is -3.39. The van der Waals surface area contributed by atoms with Gasteiger partial charge in [0.05, 0.1) is 10.9 Å². The fourth-order valence-electron chi connectivity index (χ4n) is 5.74. The van der Waals surface area contributed by atoms with E-state index in [0.717, 1.165) is 17.9 Å². The Balaban J connectivity index is 1.86. The van der Waals surface area contributed by atoms with Crippen LogP contribution in [0, 0.1) is 19.3 Å². The number of pyridine rings is 1. The maximum Gasteiger partial charge on any atom is 0.228 e. The molecule has 0 atom stereocenters. The van der Waals surface area contributed by atoms with Crippen LogP contribution >= 0.6 is 0 Å². The molecule has 4 aromatic carbocycles. The Morgan fingerprint density at radius 1 is 0.727 bits per heavy atom. The molecule has 1 aliphatic heterocycles. The fraction of sp³-hybridized carbons (Fsp3) is 0.258. The molecular weight excluding hydrogens is 402 g/mol. The summed E-state index contributed by atoms with van der Waals surface area (Å²) in [5, 5.41) is 7.57. The molecule has 0 fully saturated rings. The summed E-state index contributed by atoms with van der Waals surface area (Å²) in [5.41, 5.74) is 6.55. The van der Waals surface area contributed by atoms with Crippen LogP contribution in [0.1, 0.15) is 37.5 Å². The largest absolute Gasteiger partial charge is 0.455 e. The van der Waals surface area contributed by atoms with E-state index in [1.165, 1.54) is 60.3 Å². The van der Waals surface area contributed by atoms with Gasteiger partial charge in [-0.1, -0.05) is 69.3 Å². The molecule has 6 rings (SSSR count). The Bertz CT molecular complexity index is 1620. The van der Waals surface area contributed by atoms with Crippen LogP contribution in [-0.2, 0) is 13.5 Å². The Kier molecular flexibility index (Phi) is 4.17. The molecule has 0 saturated heterocycles. The van der Waals surface area contributed by atoms with Crippen LogP contribution in [0.5, 0.6) is 11.5 Å². The lowest BCUT2D eigenvalue weighted by Crippen LogP contribution is -2.32. The fourth-order valence-corrected chi connectivity index (χ4v) is 5.74. The molecule has 0 spiro atoms. The first kappa shape index (κ1) is 20.2. The third kappa shape index (κ3) is 2.83. The van der Waals surface area contributed by atoms with Crippen LogP contribution in [0.4, 0.5) is 0 Å². The Morgan fingerprint density at radius 3 is 2.00 bits per heavy atom. The molecule has 0 unspecified atom stereocenters. The van der Waals surface area contributed by atoms with E-state index < -0.39 is 0 Å². The van der Waals surface area contributed by atoms with E-state index >= 15 is 0 Å². The highest BCUT2D eigenvalue weighted by atomic mass is 16.5. The highest BCUT2D eigenvalue weighted by Crippen LogP contribution is 2.54. The third-order valence-corrected chi connectivity index (χ3v) is 7.21. The maximum atomic E-state index is 7.03. The first-order valence-electron chi connectivity index (χ1n) is 11.8. The van der Waals surface area contributed by atoms with E-state index in [9.17, 15) is 0 Å². The van der Waals surface area contributed by atoms with Gasteiger partial charge in [0.15, 0.2) is 6.20 Å². The topological polar surface area (TPSA) is 13.1 Å². The van der Waals surface area contributed by atoms with Gasteiger partial charge in [-0.3, -0.25) is 0 Å². The van der Waals surface area contributed by atoms with Gasteiger partial charge in [-0.15, -0.1) is 0 Å². The van der Waals surface area contributed by atoms with E-state index in [1.807, 2.05) is 0 Å². The van der Waals surface area contributed by atoms with Crippen molar-refractivity contribution in [2.75, 3.05) is 0 Å². The number of aryl methyl sites for hydroxylation is 3. The van der Waals surface area contributed by atoms with Crippen molar-refractivity contribution >= 4 is 32.3 Å². The van der Waals surface area contributed by atoms with E-state index in [4.69, 9.17) is 4.74 Å². The standard InChI is InChI=1S/C31H30NO/c1-18-20-11-8-10-14-24(20)29-27-22(18)15-16-32(6)28(27)26-19(2)21-12-7-9-13-23(21)25(30(26)33-29)17-31(3,4)5/h7-16H,17H2,1-6H3/q+1. The smallest absolute Gasteiger partial charge is 0.228 e. The van der Waals surface area contributed by atoms with Crippen molar-refractivity contribution in [3.63, 3.8) is 0 Å². The predicted molar refractivity (Wildman–Crippen MR) is 138 cm³/mol. The summed E-state index contributed by atoms with van der Waals surface area (Å²) in [6.07, 6.45) is 3.16. The van der Waals surface area contributed by atoms with Crippen molar-refractivity contribution in [2.45, 2.75) is 41.0 Å². The minimum absolute atomic E-state index is 0.138. The molecule has 0 saturated carbocycles. The number of aromatic nitrogens is 1. The molecule has 0 amide bonds. The van der Waals surface area contributed by atoms with E-state index in [0.29, 0.717) is 0 Å². The number of benzene rings is 4. The number of hydrogen-bond acceptors (Lipinski definition) is 1. The molecule has 0 aliphatic carbocycles. The summed E-state index contributed by atoms with van der Waals surface area (Å²) < 4.78 is 9.31. The summed E-state index contributed by atoms with van der Waals surface area (Å²) in [6, 6.07) is 19.7. The normalized spacial score (nSPS) is 12.9. The second-order valence-corrected chi connectivity index (χ2v) is 10.8. The van der Waals surface area contributed by atoms with Gasteiger partial charge in [0.25, 0.3) is 0 Å². The van der Waals surface area contributed by atoms with Crippen molar-refractivity contribution in [1.82, 2.24) is 0 Å². The van der Waals surface area contributed by atoms with Gasteiger partial charge >= 0.3 is 0 Å². The summed E-state index contributed by atoms with van der Waals surface area (Å²) in [5.74, 6) is 2.03. The van der Waals surface area contributed by atoms with Crippen LogP contribution in [0.25, 0.3) is 43.6 Å². The molecule has 164 valence electrons.